The van der Waals surface area contributed by atoms with Crippen LogP contribution >= 0.6 is 23.1 Å². The minimum absolute atomic E-state index is 0.0669. The van der Waals surface area contributed by atoms with Gasteiger partial charge in [0.2, 0.25) is 11.8 Å². The van der Waals surface area contributed by atoms with Crippen molar-refractivity contribution in [3.05, 3.63) is 54.2 Å². The Bertz CT molecular complexity index is 1180. The van der Waals surface area contributed by atoms with Crippen molar-refractivity contribution in [3.63, 3.8) is 0 Å². The topological polar surface area (TPSA) is 120 Å². The molecule has 0 radical (unpaired) electrons. The summed E-state index contributed by atoms with van der Waals surface area (Å²) in [7, 11) is 0. The number of thiazole rings is 1. The first-order valence-electron chi connectivity index (χ1n) is 10.1. The highest BCUT2D eigenvalue weighted by atomic mass is 32.2. The number of furan rings is 1. The maximum absolute atomic E-state index is 13.0. The Morgan fingerprint density at radius 1 is 1.22 bits per heavy atom. The van der Waals surface area contributed by atoms with Gasteiger partial charge in [0.05, 0.1) is 28.8 Å². The molecule has 0 aliphatic heterocycles. The fourth-order valence-electron chi connectivity index (χ4n) is 3.16. The lowest BCUT2D eigenvalue weighted by atomic mass is 10.3. The molecule has 0 aliphatic carbocycles. The second kappa shape index (κ2) is 9.96. The minimum Gasteiger partial charge on any atom is -0.467 e. The number of primary amides is 1. The molecular weight excluding hydrogens is 448 g/mol. The van der Waals surface area contributed by atoms with Crippen LogP contribution in [0.5, 0.6) is 0 Å². The molecule has 2 amide bonds. The van der Waals surface area contributed by atoms with E-state index in [9.17, 15) is 9.59 Å². The Morgan fingerprint density at radius 2 is 2.06 bits per heavy atom. The van der Waals surface area contributed by atoms with Crippen LogP contribution in [0.25, 0.3) is 10.2 Å². The fraction of sp³-hybridized carbons (Fsp3) is 0.286. The van der Waals surface area contributed by atoms with Crippen molar-refractivity contribution >= 4 is 50.3 Å². The van der Waals surface area contributed by atoms with Gasteiger partial charge in [0, 0.05) is 19.4 Å². The molecule has 166 valence electrons. The third kappa shape index (κ3) is 5.00. The number of benzene rings is 1. The molecule has 4 aromatic rings. The van der Waals surface area contributed by atoms with Crippen molar-refractivity contribution in [3.8, 4) is 0 Å². The summed E-state index contributed by atoms with van der Waals surface area (Å²) in [6, 6.07) is 11.5. The van der Waals surface area contributed by atoms with E-state index in [0.717, 1.165) is 16.0 Å². The van der Waals surface area contributed by atoms with E-state index < -0.39 is 5.91 Å². The second-order valence-electron chi connectivity index (χ2n) is 6.92. The molecule has 0 bridgehead atoms. The highest BCUT2D eigenvalue weighted by Gasteiger charge is 2.21. The molecule has 32 heavy (non-hydrogen) atoms. The number of hydrogen-bond donors (Lipinski definition) is 1. The molecule has 0 aliphatic rings. The molecule has 0 unspecified atom stereocenters. The van der Waals surface area contributed by atoms with Crippen molar-refractivity contribution < 1.29 is 14.0 Å². The number of hydrogen-bond acceptors (Lipinski definition) is 8. The summed E-state index contributed by atoms with van der Waals surface area (Å²) >= 11 is 2.79. The van der Waals surface area contributed by atoms with Gasteiger partial charge in [0.25, 0.3) is 0 Å². The van der Waals surface area contributed by atoms with E-state index in [4.69, 9.17) is 10.2 Å². The number of amides is 2. The molecule has 11 heteroatoms. The lowest BCUT2D eigenvalue weighted by Gasteiger charge is -2.17. The van der Waals surface area contributed by atoms with Crippen LogP contribution in [0.4, 0.5) is 5.13 Å². The van der Waals surface area contributed by atoms with Gasteiger partial charge in [-0.1, -0.05) is 35.2 Å². The van der Waals surface area contributed by atoms with Crippen molar-refractivity contribution in [2.75, 3.05) is 17.2 Å². The van der Waals surface area contributed by atoms with Gasteiger partial charge in [-0.15, -0.1) is 10.2 Å². The van der Waals surface area contributed by atoms with E-state index in [1.165, 1.54) is 23.1 Å². The van der Waals surface area contributed by atoms with E-state index in [-0.39, 0.29) is 18.1 Å². The number of carbonyl (C=O) groups is 2. The van der Waals surface area contributed by atoms with Gasteiger partial charge >= 0.3 is 0 Å². The van der Waals surface area contributed by atoms with E-state index in [2.05, 4.69) is 15.2 Å². The molecule has 1 aromatic carbocycles. The summed E-state index contributed by atoms with van der Waals surface area (Å²) in [5.41, 5.74) is 6.17. The fourth-order valence-corrected chi connectivity index (χ4v) is 5.04. The lowest BCUT2D eigenvalue weighted by molar-refractivity contribution is -0.118. The monoisotopic (exact) mass is 470 g/mol. The predicted molar refractivity (Wildman–Crippen MR) is 124 cm³/mol. The number of rotatable bonds is 10. The number of aryl methyl sites for hydroxylation is 1. The molecule has 4 rings (SSSR count). The summed E-state index contributed by atoms with van der Waals surface area (Å²) in [4.78, 5) is 30.5. The number of carbonyl (C=O) groups excluding carboxylic acids is 2. The molecular formula is C21H22N6O3S2. The normalized spacial score (nSPS) is 11.2. The van der Waals surface area contributed by atoms with Gasteiger partial charge in [0.1, 0.15) is 11.6 Å². The third-order valence-corrected chi connectivity index (χ3v) is 6.75. The third-order valence-electron chi connectivity index (χ3n) is 4.74. The number of nitrogens with zero attached hydrogens (tertiary/aromatic N) is 5. The van der Waals surface area contributed by atoms with E-state index in [1.54, 1.807) is 17.2 Å². The van der Waals surface area contributed by atoms with Crippen molar-refractivity contribution in [1.82, 2.24) is 19.7 Å². The summed E-state index contributed by atoms with van der Waals surface area (Å²) in [5.74, 6) is 1.05. The first-order valence-corrected chi connectivity index (χ1v) is 11.9. The Balaban J connectivity index is 1.50. The predicted octanol–water partition coefficient (Wildman–Crippen LogP) is 3.09. The summed E-state index contributed by atoms with van der Waals surface area (Å²) in [6.45, 7) is 2.85. The number of aromatic nitrogens is 4. The highest BCUT2D eigenvalue weighted by Crippen LogP contribution is 2.29. The quantitative estimate of drug-likeness (QED) is 0.354. The van der Waals surface area contributed by atoms with Crippen LogP contribution in [-0.4, -0.2) is 43.9 Å². The zero-order valence-corrected chi connectivity index (χ0v) is 19.1. The van der Waals surface area contributed by atoms with E-state index >= 15 is 0 Å². The van der Waals surface area contributed by atoms with E-state index in [0.29, 0.717) is 35.6 Å². The molecule has 0 saturated carbocycles. The molecule has 2 N–H and O–H groups in total. The standard InChI is InChI=1S/C21H22N6O3S2/c1-2-26(20-23-15-7-3-4-8-16(15)32-20)19(29)13-31-21-25-24-18(10-9-17(22)28)27(21)12-14-6-5-11-30-14/h3-8,11H,2,9-10,12-13H2,1H3,(H2,22,28). The maximum atomic E-state index is 13.0. The van der Waals surface area contributed by atoms with Gasteiger partial charge in [-0.2, -0.15) is 0 Å². The number of anilines is 1. The number of nitrogens with two attached hydrogens (primary N) is 1. The summed E-state index contributed by atoms with van der Waals surface area (Å²) < 4.78 is 8.35. The molecule has 0 fully saturated rings. The summed E-state index contributed by atoms with van der Waals surface area (Å²) in [5, 5.41) is 9.70. The minimum atomic E-state index is -0.406. The molecule has 3 aromatic heterocycles. The maximum Gasteiger partial charge on any atom is 0.239 e. The van der Waals surface area contributed by atoms with Crippen LogP contribution in [-0.2, 0) is 22.6 Å². The molecule has 0 atom stereocenters. The molecule has 9 nitrogen and oxygen atoms in total. The lowest BCUT2D eigenvalue weighted by Crippen LogP contribution is -2.32. The van der Waals surface area contributed by atoms with E-state index in [1.807, 2.05) is 41.8 Å². The Kier molecular flexibility index (Phi) is 6.86. The van der Waals surface area contributed by atoms with Gasteiger partial charge in [0.15, 0.2) is 10.3 Å². The van der Waals surface area contributed by atoms with Crippen LogP contribution < -0.4 is 10.6 Å². The zero-order chi connectivity index (χ0) is 22.5. The summed E-state index contributed by atoms with van der Waals surface area (Å²) in [6.07, 6.45) is 2.13. The Morgan fingerprint density at radius 3 is 2.78 bits per heavy atom. The van der Waals surface area contributed by atoms with Gasteiger partial charge in [-0.05, 0) is 31.2 Å². The SMILES string of the molecule is CCN(C(=O)CSc1nnc(CCC(N)=O)n1Cc1ccco1)c1nc2ccccc2s1. The van der Waals surface area contributed by atoms with Gasteiger partial charge in [-0.3, -0.25) is 19.1 Å². The Hall–Kier alpha value is -3.18. The first kappa shape index (κ1) is 22.0. The van der Waals surface area contributed by atoms with Crippen molar-refractivity contribution in [2.24, 2.45) is 5.73 Å². The first-order chi connectivity index (χ1) is 15.5. The van der Waals surface area contributed by atoms with Gasteiger partial charge in [-0.25, -0.2) is 4.98 Å². The van der Waals surface area contributed by atoms with Crippen LogP contribution in [0.3, 0.4) is 0 Å². The van der Waals surface area contributed by atoms with Gasteiger partial charge < -0.3 is 10.2 Å². The van der Waals surface area contributed by atoms with Crippen LogP contribution in [0, 0.1) is 0 Å². The number of para-hydroxylation sites is 1. The highest BCUT2D eigenvalue weighted by molar-refractivity contribution is 7.99. The molecule has 0 saturated heterocycles. The largest absolute Gasteiger partial charge is 0.467 e. The van der Waals surface area contributed by atoms with Crippen LogP contribution in [0.2, 0.25) is 0 Å². The number of thioether (sulfide) groups is 1. The van der Waals surface area contributed by atoms with Crippen LogP contribution in [0.1, 0.15) is 24.9 Å². The zero-order valence-electron chi connectivity index (χ0n) is 17.4. The number of fused-ring (bicyclic) bond motifs is 1. The van der Waals surface area contributed by atoms with Crippen molar-refractivity contribution in [1.29, 1.82) is 0 Å². The second-order valence-corrected chi connectivity index (χ2v) is 8.87. The Labute approximate surface area is 192 Å². The average Bonchev–Trinajstić information content (AvgIpc) is 3.52. The van der Waals surface area contributed by atoms with Crippen molar-refractivity contribution in [2.45, 2.75) is 31.5 Å². The van der Waals surface area contributed by atoms with Crippen LogP contribution in [0.15, 0.2) is 52.2 Å². The molecule has 0 spiro atoms. The smallest absolute Gasteiger partial charge is 0.239 e. The average molecular weight is 471 g/mol. The molecule has 3 heterocycles.